The molecule has 1 aliphatic heterocycles. The molecule has 1 aliphatic rings. The molecular formula is C16H12ClFN2O2S. The van der Waals surface area contributed by atoms with E-state index >= 15 is 0 Å². The molecule has 0 unspecified atom stereocenters. The van der Waals surface area contributed by atoms with Gasteiger partial charge in [0.15, 0.2) is 0 Å². The molecule has 1 saturated heterocycles. The lowest BCUT2D eigenvalue weighted by molar-refractivity contribution is -0.121. The summed E-state index contributed by atoms with van der Waals surface area (Å²) in [4.78, 5) is 26.3. The first-order valence-corrected chi connectivity index (χ1v) is 8.06. The number of para-hydroxylation sites is 2. The lowest BCUT2D eigenvalue weighted by Gasteiger charge is -2.17. The Morgan fingerprint density at radius 2 is 1.91 bits per heavy atom. The number of benzene rings is 2. The number of hydrogen-bond acceptors (Lipinski definition) is 4. The van der Waals surface area contributed by atoms with Crippen LogP contribution in [0.15, 0.2) is 47.4 Å². The molecule has 0 bridgehead atoms. The first-order chi connectivity index (χ1) is 11.0. The van der Waals surface area contributed by atoms with Gasteiger partial charge in [0.2, 0.25) is 11.8 Å². The van der Waals surface area contributed by atoms with Crippen molar-refractivity contribution < 1.29 is 14.0 Å². The van der Waals surface area contributed by atoms with E-state index in [9.17, 15) is 14.0 Å². The van der Waals surface area contributed by atoms with Crippen molar-refractivity contribution >= 4 is 46.6 Å². The second-order valence-corrected chi connectivity index (χ2v) is 6.64. The van der Waals surface area contributed by atoms with E-state index in [1.165, 1.54) is 23.9 Å². The number of nitrogens with zero attached hydrogens (tertiary/aromatic N) is 1. The SMILES string of the molecule is Nc1ccccc1S[C@@H]1CC(=O)N(c2c(F)cccc2Cl)C1=O. The van der Waals surface area contributed by atoms with Crippen LogP contribution in [-0.4, -0.2) is 17.1 Å². The van der Waals surface area contributed by atoms with Gasteiger partial charge in [0, 0.05) is 17.0 Å². The molecule has 118 valence electrons. The van der Waals surface area contributed by atoms with Crippen molar-refractivity contribution in [1.29, 1.82) is 0 Å². The second-order valence-electron chi connectivity index (χ2n) is 4.99. The van der Waals surface area contributed by atoms with Crippen LogP contribution in [0.4, 0.5) is 15.8 Å². The second kappa shape index (κ2) is 6.22. The largest absolute Gasteiger partial charge is 0.398 e. The van der Waals surface area contributed by atoms with Gasteiger partial charge in [-0.25, -0.2) is 9.29 Å². The molecule has 0 spiro atoms. The van der Waals surface area contributed by atoms with E-state index in [0.29, 0.717) is 10.6 Å². The predicted octanol–water partition coefficient (Wildman–Crippen LogP) is 3.49. The van der Waals surface area contributed by atoms with Gasteiger partial charge in [-0.3, -0.25) is 9.59 Å². The molecule has 0 aromatic heterocycles. The van der Waals surface area contributed by atoms with Crippen LogP contribution in [0.2, 0.25) is 5.02 Å². The van der Waals surface area contributed by atoms with Gasteiger partial charge in [-0.15, -0.1) is 11.8 Å². The molecule has 0 saturated carbocycles. The first kappa shape index (κ1) is 15.8. The summed E-state index contributed by atoms with van der Waals surface area (Å²) in [6, 6.07) is 11.1. The number of carbonyl (C=O) groups excluding carboxylic acids is 2. The van der Waals surface area contributed by atoms with E-state index in [-0.39, 0.29) is 17.1 Å². The summed E-state index contributed by atoms with van der Waals surface area (Å²) in [5.41, 5.74) is 6.20. The van der Waals surface area contributed by atoms with Crippen LogP contribution < -0.4 is 10.6 Å². The number of thioether (sulfide) groups is 1. The van der Waals surface area contributed by atoms with Crippen LogP contribution in [0.25, 0.3) is 0 Å². The highest BCUT2D eigenvalue weighted by Crippen LogP contribution is 2.39. The van der Waals surface area contributed by atoms with Crippen LogP contribution in [0.5, 0.6) is 0 Å². The van der Waals surface area contributed by atoms with Crippen molar-refractivity contribution in [2.45, 2.75) is 16.6 Å². The van der Waals surface area contributed by atoms with Crippen molar-refractivity contribution in [2.75, 3.05) is 10.6 Å². The lowest BCUT2D eigenvalue weighted by atomic mass is 10.3. The van der Waals surface area contributed by atoms with E-state index in [4.69, 9.17) is 17.3 Å². The highest BCUT2D eigenvalue weighted by atomic mass is 35.5. The number of imide groups is 1. The maximum atomic E-state index is 14.0. The summed E-state index contributed by atoms with van der Waals surface area (Å²) >= 11 is 7.16. The molecule has 1 heterocycles. The molecule has 23 heavy (non-hydrogen) atoms. The third-order valence-corrected chi connectivity index (χ3v) is 5.04. The number of rotatable bonds is 3. The van der Waals surface area contributed by atoms with Crippen molar-refractivity contribution in [3.8, 4) is 0 Å². The number of carbonyl (C=O) groups is 2. The van der Waals surface area contributed by atoms with Crippen molar-refractivity contribution in [3.05, 3.63) is 53.3 Å². The van der Waals surface area contributed by atoms with Crippen molar-refractivity contribution in [1.82, 2.24) is 0 Å². The number of nitrogens with two attached hydrogens (primary N) is 1. The molecule has 1 fully saturated rings. The van der Waals surface area contributed by atoms with Gasteiger partial charge in [-0.2, -0.15) is 0 Å². The van der Waals surface area contributed by atoms with Crippen LogP contribution in [0.1, 0.15) is 6.42 Å². The molecule has 2 amide bonds. The molecular weight excluding hydrogens is 339 g/mol. The highest BCUT2D eigenvalue weighted by Gasteiger charge is 2.42. The first-order valence-electron chi connectivity index (χ1n) is 6.81. The zero-order valence-corrected chi connectivity index (χ0v) is 13.4. The standard InChI is InChI=1S/C16H12ClFN2O2S/c17-9-4-3-5-10(18)15(9)20-14(21)8-13(16(20)22)23-12-7-2-1-6-11(12)19/h1-7,13H,8,19H2/t13-/m1/s1. The van der Waals surface area contributed by atoms with E-state index in [0.717, 1.165) is 11.0 Å². The van der Waals surface area contributed by atoms with Gasteiger partial charge in [0.1, 0.15) is 11.5 Å². The Morgan fingerprint density at radius 1 is 1.17 bits per heavy atom. The molecule has 2 aromatic rings. The topological polar surface area (TPSA) is 63.4 Å². The van der Waals surface area contributed by atoms with Gasteiger partial charge in [-0.1, -0.05) is 29.8 Å². The molecule has 2 N–H and O–H groups in total. The van der Waals surface area contributed by atoms with Gasteiger partial charge in [-0.05, 0) is 24.3 Å². The van der Waals surface area contributed by atoms with Crippen LogP contribution in [-0.2, 0) is 9.59 Å². The summed E-state index contributed by atoms with van der Waals surface area (Å²) in [6.45, 7) is 0. The normalized spacial score (nSPS) is 17.8. The molecule has 0 aliphatic carbocycles. The third-order valence-electron chi connectivity index (χ3n) is 3.45. The number of hydrogen-bond donors (Lipinski definition) is 1. The molecule has 4 nitrogen and oxygen atoms in total. The highest BCUT2D eigenvalue weighted by molar-refractivity contribution is 8.00. The fourth-order valence-corrected chi connectivity index (χ4v) is 3.72. The Bertz CT molecular complexity index is 779. The van der Waals surface area contributed by atoms with Gasteiger partial charge in [0.25, 0.3) is 0 Å². The fourth-order valence-electron chi connectivity index (χ4n) is 2.37. The number of halogens is 2. The molecule has 1 atom stereocenters. The fraction of sp³-hybridized carbons (Fsp3) is 0.125. The summed E-state index contributed by atoms with van der Waals surface area (Å²) in [7, 11) is 0. The average molecular weight is 351 g/mol. The maximum Gasteiger partial charge on any atom is 0.247 e. The quantitative estimate of drug-likeness (QED) is 0.680. The number of anilines is 2. The van der Waals surface area contributed by atoms with Crippen LogP contribution in [0.3, 0.4) is 0 Å². The predicted molar refractivity (Wildman–Crippen MR) is 89.0 cm³/mol. The molecule has 3 rings (SSSR count). The smallest absolute Gasteiger partial charge is 0.247 e. The third kappa shape index (κ3) is 2.92. The summed E-state index contributed by atoms with van der Waals surface area (Å²) < 4.78 is 14.0. The Morgan fingerprint density at radius 3 is 2.61 bits per heavy atom. The lowest BCUT2D eigenvalue weighted by Crippen LogP contribution is -2.32. The minimum atomic E-state index is -0.705. The van der Waals surface area contributed by atoms with Gasteiger partial charge in [0.05, 0.1) is 10.3 Å². The zero-order chi connectivity index (χ0) is 16.6. The van der Waals surface area contributed by atoms with Gasteiger partial charge >= 0.3 is 0 Å². The maximum absolute atomic E-state index is 14.0. The van der Waals surface area contributed by atoms with E-state index in [1.54, 1.807) is 24.3 Å². The van der Waals surface area contributed by atoms with Crippen LogP contribution in [0, 0.1) is 5.82 Å². The minimum Gasteiger partial charge on any atom is -0.398 e. The van der Waals surface area contributed by atoms with E-state index < -0.39 is 22.9 Å². The summed E-state index contributed by atoms with van der Waals surface area (Å²) in [6.07, 6.45) is -0.0253. The van der Waals surface area contributed by atoms with E-state index in [2.05, 4.69) is 0 Å². The average Bonchev–Trinajstić information content (AvgIpc) is 2.77. The summed E-state index contributed by atoms with van der Waals surface area (Å²) in [5, 5.41) is -0.626. The zero-order valence-electron chi connectivity index (χ0n) is 11.8. The van der Waals surface area contributed by atoms with E-state index in [1.807, 2.05) is 0 Å². The molecule has 0 radical (unpaired) electrons. The number of amides is 2. The Kier molecular flexibility index (Phi) is 4.28. The van der Waals surface area contributed by atoms with Crippen molar-refractivity contribution in [3.63, 3.8) is 0 Å². The van der Waals surface area contributed by atoms with Gasteiger partial charge < -0.3 is 5.73 Å². The van der Waals surface area contributed by atoms with Crippen molar-refractivity contribution in [2.24, 2.45) is 0 Å². The summed E-state index contributed by atoms with van der Waals surface area (Å²) in [5.74, 6) is -1.67. The number of nitrogen functional groups attached to an aromatic ring is 1. The minimum absolute atomic E-state index is 0.0246. The molecule has 7 heteroatoms. The Labute approximate surface area is 141 Å². The monoisotopic (exact) mass is 350 g/mol. The Hall–Kier alpha value is -2.05. The Balaban J connectivity index is 1.90. The van der Waals surface area contributed by atoms with Crippen LogP contribution >= 0.6 is 23.4 Å². The molecule has 2 aromatic carbocycles.